The number of hydrogen-bond donors (Lipinski definition) is 1. The molecule has 6 heteroatoms. The Hall–Kier alpha value is -3.80. The normalized spacial score (nSPS) is 11.0. The molecular weight excluding hydrogens is 462 g/mol. The number of unbranched alkanes of at least 4 members (excludes halogenated alkanes) is 2. The van der Waals surface area contributed by atoms with Crippen molar-refractivity contribution in [2.45, 2.75) is 52.5 Å². The topological polar surface area (TPSA) is 65.4 Å². The highest BCUT2D eigenvalue weighted by Crippen LogP contribution is 2.21. The van der Waals surface area contributed by atoms with Crippen LogP contribution >= 0.6 is 0 Å². The Kier molecular flexibility index (Phi) is 9.19. The lowest BCUT2D eigenvalue weighted by Crippen LogP contribution is -2.26. The minimum Gasteiger partial charge on any atom is -0.497 e. The van der Waals surface area contributed by atoms with E-state index in [2.05, 4.69) is 54.1 Å². The van der Waals surface area contributed by atoms with Crippen LogP contribution in [0.2, 0.25) is 0 Å². The van der Waals surface area contributed by atoms with E-state index >= 15 is 0 Å². The third-order valence-electron chi connectivity index (χ3n) is 6.56. The fraction of sp³-hybridized carbons (Fsp3) is 0.355. The molecule has 0 saturated carbocycles. The summed E-state index contributed by atoms with van der Waals surface area (Å²) in [6.07, 6.45) is 4.29. The summed E-state index contributed by atoms with van der Waals surface area (Å²) in [6.45, 7) is 6.22. The van der Waals surface area contributed by atoms with E-state index in [4.69, 9.17) is 14.5 Å². The van der Waals surface area contributed by atoms with Gasteiger partial charge in [0, 0.05) is 13.0 Å². The van der Waals surface area contributed by atoms with Crippen LogP contribution in [-0.2, 0) is 24.2 Å². The third-order valence-corrected chi connectivity index (χ3v) is 6.56. The highest BCUT2D eigenvalue weighted by molar-refractivity contribution is 5.78. The number of aromatic nitrogens is 2. The van der Waals surface area contributed by atoms with Crippen LogP contribution in [0.1, 0.15) is 41.8 Å². The molecule has 0 spiro atoms. The summed E-state index contributed by atoms with van der Waals surface area (Å²) in [6, 6.07) is 22.2. The van der Waals surface area contributed by atoms with Crippen LogP contribution in [0, 0.1) is 13.8 Å². The van der Waals surface area contributed by atoms with Gasteiger partial charge in [0.25, 0.3) is 0 Å². The lowest BCUT2D eigenvalue weighted by Gasteiger charge is -2.13. The highest BCUT2D eigenvalue weighted by atomic mass is 16.5. The average molecular weight is 500 g/mol. The van der Waals surface area contributed by atoms with Crippen LogP contribution in [-0.4, -0.2) is 35.7 Å². The lowest BCUT2D eigenvalue weighted by atomic mass is 10.1. The van der Waals surface area contributed by atoms with Crippen LogP contribution in [0.15, 0.2) is 66.7 Å². The number of aryl methyl sites for hydroxylation is 3. The van der Waals surface area contributed by atoms with Crippen molar-refractivity contribution in [3.8, 4) is 11.5 Å². The molecule has 1 aromatic heterocycles. The Labute approximate surface area is 219 Å². The number of ether oxygens (including phenoxy) is 2. The maximum Gasteiger partial charge on any atom is 0.224 e. The average Bonchev–Trinajstić information content (AvgIpc) is 3.25. The first kappa shape index (κ1) is 26.3. The fourth-order valence-electron chi connectivity index (χ4n) is 4.58. The summed E-state index contributed by atoms with van der Waals surface area (Å²) in [5.74, 6) is 2.88. The first-order valence-corrected chi connectivity index (χ1v) is 13.1. The second-order valence-electron chi connectivity index (χ2n) is 9.47. The fourth-order valence-corrected chi connectivity index (χ4v) is 4.58. The number of benzene rings is 3. The minimum absolute atomic E-state index is 0.0516. The van der Waals surface area contributed by atoms with Crippen molar-refractivity contribution in [3.05, 3.63) is 89.2 Å². The van der Waals surface area contributed by atoms with Gasteiger partial charge in [-0.05, 0) is 68.1 Å². The van der Waals surface area contributed by atoms with E-state index in [0.717, 1.165) is 71.7 Å². The van der Waals surface area contributed by atoms with E-state index in [-0.39, 0.29) is 5.91 Å². The Bertz CT molecular complexity index is 1310. The Morgan fingerprint density at radius 3 is 2.57 bits per heavy atom. The number of fused-ring (bicyclic) bond motifs is 1. The predicted octanol–water partition coefficient (Wildman–Crippen LogP) is 5.81. The quantitative estimate of drug-likeness (QED) is 0.236. The van der Waals surface area contributed by atoms with Crippen LogP contribution in [0.4, 0.5) is 0 Å². The predicted molar refractivity (Wildman–Crippen MR) is 148 cm³/mol. The number of carbonyl (C=O) groups excluding carboxylic acids is 1. The van der Waals surface area contributed by atoms with E-state index in [1.54, 1.807) is 7.11 Å². The van der Waals surface area contributed by atoms with Gasteiger partial charge in [-0.15, -0.1) is 0 Å². The van der Waals surface area contributed by atoms with E-state index in [1.807, 2.05) is 36.4 Å². The van der Waals surface area contributed by atoms with E-state index in [9.17, 15) is 4.79 Å². The monoisotopic (exact) mass is 499 g/mol. The van der Waals surface area contributed by atoms with Gasteiger partial charge in [-0.25, -0.2) is 4.98 Å². The zero-order chi connectivity index (χ0) is 26.0. The number of para-hydroxylation sites is 2. The Morgan fingerprint density at radius 1 is 0.973 bits per heavy atom. The van der Waals surface area contributed by atoms with Crippen molar-refractivity contribution in [2.75, 3.05) is 20.3 Å². The molecule has 3 aromatic carbocycles. The van der Waals surface area contributed by atoms with Crippen molar-refractivity contribution in [1.82, 2.24) is 14.9 Å². The van der Waals surface area contributed by atoms with E-state index in [0.29, 0.717) is 19.6 Å². The van der Waals surface area contributed by atoms with Crippen molar-refractivity contribution < 1.29 is 14.3 Å². The molecule has 0 aliphatic rings. The molecule has 4 rings (SSSR count). The molecule has 0 unspecified atom stereocenters. The number of methoxy groups -OCH3 is 1. The summed E-state index contributed by atoms with van der Waals surface area (Å²) in [5.41, 5.74) is 5.55. The number of hydrogen-bond acceptors (Lipinski definition) is 4. The molecule has 0 bridgehead atoms. The van der Waals surface area contributed by atoms with Gasteiger partial charge in [0.05, 0.1) is 31.1 Å². The van der Waals surface area contributed by atoms with Crippen molar-refractivity contribution in [2.24, 2.45) is 0 Å². The van der Waals surface area contributed by atoms with Crippen LogP contribution in [0.5, 0.6) is 11.5 Å². The van der Waals surface area contributed by atoms with Gasteiger partial charge in [-0.1, -0.05) is 48.4 Å². The molecule has 0 aliphatic heterocycles. The second-order valence-corrected chi connectivity index (χ2v) is 9.47. The van der Waals surface area contributed by atoms with Crippen LogP contribution < -0.4 is 14.8 Å². The molecule has 0 radical (unpaired) electrons. The first-order chi connectivity index (χ1) is 18.0. The molecule has 0 aliphatic carbocycles. The smallest absolute Gasteiger partial charge is 0.224 e. The number of imidazole rings is 1. The van der Waals surface area contributed by atoms with Crippen molar-refractivity contribution in [3.63, 3.8) is 0 Å². The summed E-state index contributed by atoms with van der Waals surface area (Å²) in [4.78, 5) is 17.1. The van der Waals surface area contributed by atoms with Gasteiger partial charge >= 0.3 is 0 Å². The van der Waals surface area contributed by atoms with Gasteiger partial charge in [0.2, 0.25) is 5.91 Å². The number of nitrogens with zero attached hydrogens (tertiary/aromatic N) is 2. The Balaban J connectivity index is 1.23. The molecular formula is C31H37N3O3. The highest BCUT2D eigenvalue weighted by Gasteiger charge is 2.11. The number of rotatable bonds is 13. The molecule has 1 heterocycles. The third kappa shape index (κ3) is 7.35. The zero-order valence-corrected chi connectivity index (χ0v) is 22.1. The summed E-state index contributed by atoms with van der Waals surface area (Å²) < 4.78 is 13.6. The molecule has 1 N–H and O–H groups in total. The molecule has 37 heavy (non-hydrogen) atoms. The second kappa shape index (κ2) is 12.9. The largest absolute Gasteiger partial charge is 0.497 e. The van der Waals surface area contributed by atoms with E-state index < -0.39 is 0 Å². The summed E-state index contributed by atoms with van der Waals surface area (Å²) >= 11 is 0. The molecule has 0 saturated heterocycles. The van der Waals surface area contributed by atoms with Gasteiger partial charge in [0.15, 0.2) is 0 Å². The van der Waals surface area contributed by atoms with Gasteiger partial charge in [-0.2, -0.15) is 0 Å². The van der Waals surface area contributed by atoms with E-state index in [1.165, 1.54) is 5.56 Å². The van der Waals surface area contributed by atoms with Crippen molar-refractivity contribution >= 4 is 16.9 Å². The summed E-state index contributed by atoms with van der Waals surface area (Å²) in [5, 5.41) is 3.04. The SMILES string of the molecule is COc1ccc(CC(=O)NCCCCCc2nc3ccccc3n2CCOc2ccc(C)cc2C)cc1. The molecule has 4 aromatic rings. The molecule has 0 fully saturated rings. The summed E-state index contributed by atoms with van der Waals surface area (Å²) in [7, 11) is 1.64. The van der Waals surface area contributed by atoms with Gasteiger partial charge in [-0.3, -0.25) is 4.79 Å². The number of amides is 1. The van der Waals surface area contributed by atoms with Gasteiger partial charge in [0.1, 0.15) is 23.9 Å². The zero-order valence-electron chi connectivity index (χ0n) is 22.1. The van der Waals surface area contributed by atoms with Crippen molar-refractivity contribution in [1.29, 1.82) is 0 Å². The minimum atomic E-state index is 0.0516. The first-order valence-electron chi connectivity index (χ1n) is 13.1. The lowest BCUT2D eigenvalue weighted by molar-refractivity contribution is -0.120. The molecule has 194 valence electrons. The molecule has 1 amide bonds. The number of nitrogens with one attached hydrogen (secondary N) is 1. The molecule has 6 nitrogen and oxygen atoms in total. The van der Waals surface area contributed by atoms with Crippen LogP contribution in [0.3, 0.4) is 0 Å². The number of carbonyl (C=O) groups is 1. The van der Waals surface area contributed by atoms with Crippen LogP contribution in [0.25, 0.3) is 11.0 Å². The van der Waals surface area contributed by atoms with Gasteiger partial charge < -0.3 is 19.4 Å². The standard InChI is InChI=1S/C31H37N3O3/c1-23-12-17-29(24(2)21-23)37-20-19-34-28-10-7-6-9-27(28)33-30(34)11-5-4-8-18-32-31(35)22-25-13-15-26(36-3)16-14-25/h6-7,9-10,12-17,21H,4-5,8,11,18-20,22H2,1-3H3,(H,32,35). The maximum atomic E-state index is 12.2. The Morgan fingerprint density at radius 2 is 1.78 bits per heavy atom. The molecule has 0 atom stereocenters. The maximum absolute atomic E-state index is 12.2.